The van der Waals surface area contributed by atoms with Crippen LogP contribution in [0.2, 0.25) is 0 Å². The molecule has 0 saturated heterocycles. The molecule has 1 aliphatic rings. The molecule has 4 rings (SSSR count). The van der Waals surface area contributed by atoms with E-state index in [-0.39, 0.29) is 18.1 Å². The number of carbonyl (C=O) groups is 1. The van der Waals surface area contributed by atoms with E-state index >= 15 is 0 Å². The van der Waals surface area contributed by atoms with Crippen molar-refractivity contribution in [3.8, 4) is 16.6 Å². The number of nitrogens with zero attached hydrogens (tertiary/aromatic N) is 4. The Morgan fingerprint density at radius 2 is 2.15 bits per heavy atom. The standard InChI is InChI=1S/C18H15FN4O2S/c19-13-2-3-15-12(8-13)10-23(6-7-25-15)16(24)9-14-11-26-18(22-14)17-20-4-1-5-21-17/h1-5,8,11H,6-7,9-10H2. The van der Waals surface area contributed by atoms with Crippen LogP contribution in [-0.2, 0) is 17.8 Å². The second-order valence-electron chi connectivity index (χ2n) is 5.81. The van der Waals surface area contributed by atoms with Crippen LogP contribution in [0, 0.1) is 5.82 Å². The van der Waals surface area contributed by atoms with Crippen molar-refractivity contribution in [1.29, 1.82) is 0 Å². The molecular weight excluding hydrogens is 355 g/mol. The van der Waals surface area contributed by atoms with Gasteiger partial charge in [-0.3, -0.25) is 4.79 Å². The summed E-state index contributed by atoms with van der Waals surface area (Å²) < 4.78 is 19.1. The van der Waals surface area contributed by atoms with Gasteiger partial charge in [-0.05, 0) is 24.3 Å². The highest BCUT2D eigenvalue weighted by atomic mass is 32.1. The van der Waals surface area contributed by atoms with Gasteiger partial charge in [0.2, 0.25) is 5.91 Å². The van der Waals surface area contributed by atoms with Crippen molar-refractivity contribution in [2.45, 2.75) is 13.0 Å². The lowest BCUT2D eigenvalue weighted by atomic mass is 10.1. The highest BCUT2D eigenvalue weighted by Crippen LogP contribution is 2.25. The van der Waals surface area contributed by atoms with Gasteiger partial charge in [-0.15, -0.1) is 11.3 Å². The van der Waals surface area contributed by atoms with Crippen LogP contribution in [0.3, 0.4) is 0 Å². The van der Waals surface area contributed by atoms with Crippen molar-refractivity contribution >= 4 is 17.2 Å². The number of benzene rings is 1. The lowest BCUT2D eigenvalue weighted by molar-refractivity contribution is -0.131. The Morgan fingerprint density at radius 3 is 3.00 bits per heavy atom. The number of aromatic nitrogens is 3. The summed E-state index contributed by atoms with van der Waals surface area (Å²) in [6.07, 6.45) is 3.48. The van der Waals surface area contributed by atoms with Gasteiger partial charge in [0.15, 0.2) is 10.8 Å². The fourth-order valence-corrected chi connectivity index (χ4v) is 3.51. The van der Waals surface area contributed by atoms with E-state index in [2.05, 4.69) is 15.0 Å². The molecule has 0 radical (unpaired) electrons. The molecule has 2 aromatic heterocycles. The Bertz CT molecular complexity index is 932. The van der Waals surface area contributed by atoms with E-state index in [0.717, 1.165) is 0 Å². The smallest absolute Gasteiger partial charge is 0.229 e. The molecule has 1 amide bonds. The highest BCUT2D eigenvalue weighted by Gasteiger charge is 2.21. The van der Waals surface area contributed by atoms with E-state index in [1.54, 1.807) is 29.4 Å². The Kier molecular flexibility index (Phi) is 4.57. The number of carbonyl (C=O) groups excluding carboxylic acids is 1. The fraction of sp³-hybridized carbons (Fsp3) is 0.222. The molecule has 0 aliphatic carbocycles. The number of fused-ring (bicyclic) bond motifs is 1. The number of hydrogen-bond acceptors (Lipinski definition) is 6. The van der Waals surface area contributed by atoms with Gasteiger partial charge in [0.05, 0.1) is 18.7 Å². The first-order chi connectivity index (χ1) is 12.7. The Labute approximate surface area is 153 Å². The molecule has 1 aromatic carbocycles. The van der Waals surface area contributed by atoms with Crippen LogP contribution in [-0.4, -0.2) is 38.9 Å². The number of halogens is 1. The van der Waals surface area contributed by atoms with Crippen molar-refractivity contribution in [2.75, 3.05) is 13.2 Å². The van der Waals surface area contributed by atoms with Gasteiger partial charge in [-0.1, -0.05) is 0 Å². The van der Waals surface area contributed by atoms with Gasteiger partial charge < -0.3 is 9.64 Å². The minimum absolute atomic E-state index is 0.0726. The lowest BCUT2D eigenvalue weighted by Crippen LogP contribution is -2.33. The first-order valence-corrected chi connectivity index (χ1v) is 8.98. The molecule has 0 bridgehead atoms. The van der Waals surface area contributed by atoms with Gasteiger partial charge in [-0.25, -0.2) is 19.3 Å². The maximum atomic E-state index is 13.5. The lowest BCUT2D eigenvalue weighted by Gasteiger charge is -2.19. The van der Waals surface area contributed by atoms with Crippen LogP contribution < -0.4 is 4.74 Å². The van der Waals surface area contributed by atoms with E-state index in [4.69, 9.17) is 4.74 Å². The van der Waals surface area contributed by atoms with Gasteiger partial charge in [0.1, 0.15) is 18.2 Å². The van der Waals surface area contributed by atoms with Gasteiger partial charge >= 0.3 is 0 Å². The third-order valence-electron chi connectivity index (χ3n) is 4.00. The molecule has 6 nitrogen and oxygen atoms in total. The van der Waals surface area contributed by atoms with E-state index in [1.807, 2.05) is 5.38 Å². The van der Waals surface area contributed by atoms with Gasteiger partial charge in [0, 0.05) is 29.9 Å². The van der Waals surface area contributed by atoms with E-state index in [9.17, 15) is 9.18 Å². The Balaban J connectivity index is 1.47. The van der Waals surface area contributed by atoms with Crippen LogP contribution >= 0.6 is 11.3 Å². The largest absolute Gasteiger partial charge is 0.491 e. The van der Waals surface area contributed by atoms with Crippen molar-refractivity contribution < 1.29 is 13.9 Å². The number of thiazole rings is 1. The molecule has 0 unspecified atom stereocenters. The first kappa shape index (κ1) is 16.6. The molecule has 8 heteroatoms. The average Bonchev–Trinajstić information content (AvgIpc) is 3.01. The summed E-state index contributed by atoms with van der Waals surface area (Å²) in [5.41, 5.74) is 1.35. The molecule has 0 spiro atoms. The highest BCUT2D eigenvalue weighted by molar-refractivity contribution is 7.13. The number of ether oxygens (including phenoxy) is 1. The van der Waals surface area contributed by atoms with Crippen LogP contribution in [0.15, 0.2) is 42.0 Å². The summed E-state index contributed by atoms with van der Waals surface area (Å²) in [5, 5.41) is 2.52. The topological polar surface area (TPSA) is 68.2 Å². The summed E-state index contributed by atoms with van der Waals surface area (Å²) in [7, 11) is 0. The van der Waals surface area contributed by atoms with Crippen LogP contribution in [0.25, 0.3) is 10.8 Å². The summed E-state index contributed by atoms with van der Waals surface area (Å²) in [4.78, 5) is 27.1. The van der Waals surface area contributed by atoms with E-state index in [0.29, 0.717) is 47.5 Å². The summed E-state index contributed by atoms with van der Waals surface area (Å²) in [6.45, 7) is 1.16. The molecule has 0 fully saturated rings. The predicted molar refractivity (Wildman–Crippen MR) is 94.2 cm³/mol. The molecular formula is C18H15FN4O2S. The SMILES string of the molecule is O=C(Cc1csc(-c2ncccn2)n1)N1CCOc2ccc(F)cc2C1. The maximum Gasteiger partial charge on any atom is 0.229 e. The Morgan fingerprint density at radius 1 is 1.31 bits per heavy atom. The van der Waals surface area contributed by atoms with Crippen molar-refractivity contribution in [3.05, 3.63) is 59.1 Å². The minimum atomic E-state index is -0.339. The third kappa shape index (κ3) is 3.55. The average molecular weight is 370 g/mol. The normalized spacial score (nSPS) is 13.7. The molecule has 0 saturated carbocycles. The first-order valence-electron chi connectivity index (χ1n) is 8.10. The van der Waals surface area contributed by atoms with Gasteiger partial charge in [0.25, 0.3) is 0 Å². The number of hydrogen-bond donors (Lipinski definition) is 0. The second kappa shape index (κ2) is 7.17. The molecule has 26 heavy (non-hydrogen) atoms. The molecule has 132 valence electrons. The number of rotatable bonds is 3. The van der Waals surface area contributed by atoms with Crippen LogP contribution in [0.1, 0.15) is 11.3 Å². The minimum Gasteiger partial charge on any atom is -0.491 e. The van der Waals surface area contributed by atoms with Crippen molar-refractivity contribution in [3.63, 3.8) is 0 Å². The third-order valence-corrected chi connectivity index (χ3v) is 4.88. The fourth-order valence-electron chi connectivity index (χ4n) is 2.74. The molecule has 0 N–H and O–H groups in total. The molecule has 1 aliphatic heterocycles. The van der Waals surface area contributed by atoms with E-state index in [1.165, 1.54) is 23.5 Å². The monoisotopic (exact) mass is 370 g/mol. The quantitative estimate of drug-likeness (QED) is 0.709. The second-order valence-corrected chi connectivity index (χ2v) is 6.67. The van der Waals surface area contributed by atoms with Crippen LogP contribution in [0.4, 0.5) is 4.39 Å². The maximum absolute atomic E-state index is 13.5. The number of amides is 1. The zero-order valence-electron chi connectivity index (χ0n) is 13.8. The van der Waals surface area contributed by atoms with E-state index < -0.39 is 0 Å². The molecule has 3 aromatic rings. The zero-order chi connectivity index (χ0) is 17.9. The van der Waals surface area contributed by atoms with Gasteiger partial charge in [-0.2, -0.15) is 0 Å². The summed E-state index contributed by atoms with van der Waals surface area (Å²) >= 11 is 1.40. The molecule has 3 heterocycles. The predicted octanol–water partition coefficient (Wildman–Crippen LogP) is 2.70. The van der Waals surface area contributed by atoms with Crippen LogP contribution in [0.5, 0.6) is 5.75 Å². The van der Waals surface area contributed by atoms with Crippen molar-refractivity contribution in [1.82, 2.24) is 19.9 Å². The summed E-state index contributed by atoms with van der Waals surface area (Å²) in [5.74, 6) is 0.757. The molecule has 0 atom stereocenters. The van der Waals surface area contributed by atoms with Crippen molar-refractivity contribution in [2.24, 2.45) is 0 Å². The Hall–Kier alpha value is -2.87. The summed E-state index contributed by atoms with van der Waals surface area (Å²) in [6, 6.07) is 6.11. The zero-order valence-corrected chi connectivity index (χ0v) is 14.6.